The fraction of sp³-hybridized carbons (Fsp3) is 0.357. The van der Waals surface area contributed by atoms with Gasteiger partial charge in [0, 0.05) is 17.1 Å². The van der Waals surface area contributed by atoms with Gasteiger partial charge in [-0.05, 0) is 73.5 Å². The summed E-state index contributed by atoms with van der Waals surface area (Å²) < 4.78 is 39.2. The predicted molar refractivity (Wildman–Crippen MR) is 168 cm³/mol. The molecule has 0 aliphatic heterocycles. The average molecular weight is 624 g/mol. The number of esters is 1. The van der Waals surface area contributed by atoms with Crippen molar-refractivity contribution < 1.29 is 32.4 Å². The van der Waals surface area contributed by atoms with Crippen LogP contribution in [0, 0.1) is 0 Å². The number of fused-ring (bicyclic) bond motifs is 1. The van der Waals surface area contributed by atoms with Crippen LogP contribution < -0.4 is 15.2 Å². The number of phosphoric ester groups is 1. The summed E-state index contributed by atoms with van der Waals surface area (Å²) in [6.07, 6.45) is 0. The maximum Gasteiger partial charge on any atom is 0.474 e. The zero-order chi connectivity index (χ0) is 29.0. The van der Waals surface area contributed by atoms with Gasteiger partial charge in [0.1, 0.15) is 16.5 Å². The van der Waals surface area contributed by atoms with Gasteiger partial charge in [-0.15, -0.1) is 0 Å². The number of nitrogens with two attached hydrogens (primary N) is 1. The lowest BCUT2D eigenvalue weighted by Crippen LogP contribution is -2.16. The maximum absolute atomic E-state index is 12.7. The van der Waals surface area contributed by atoms with Gasteiger partial charge < -0.3 is 15.2 Å². The summed E-state index contributed by atoms with van der Waals surface area (Å²) in [5.41, 5.74) is 7.20. The fourth-order valence-electron chi connectivity index (χ4n) is 3.55. The van der Waals surface area contributed by atoms with E-state index in [1.807, 2.05) is 43.3 Å². The molecule has 8 nitrogen and oxygen atoms in total. The van der Waals surface area contributed by atoms with Crippen LogP contribution in [0.25, 0.3) is 10.8 Å². The maximum atomic E-state index is 12.7. The second kappa shape index (κ2) is 16.4. The topological polar surface area (TPSA) is 106 Å². The van der Waals surface area contributed by atoms with Gasteiger partial charge >= 0.3 is 13.8 Å². The molecule has 0 saturated carbocycles. The molecule has 0 spiro atoms. The molecular weight excluding hydrogens is 589 g/mol. The van der Waals surface area contributed by atoms with Crippen molar-refractivity contribution in [3.05, 3.63) is 71.8 Å². The van der Waals surface area contributed by atoms with Crippen LogP contribution in [0.5, 0.6) is 11.5 Å². The van der Waals surface area contributed by atoms with E-state index in [1.165, 1.54) is 0 Å². The summed E-state index contributed by atoms with van der Waals surface area (Å²) in [7, 11) is -0.194. The van der Waals surface area contributed by atoms with Gasteiger partial charge in [0.15, 0.2) is 0 Å². The average Bonchev–Trinajstić information content (AvgIpc) is 2.94. The molecule has 0 aliphatic rings. The van der Waals surface area contributed by atoms with E-state index in [0.29, 0.717) is 28.7 Å². The molecule has 0 fully saturated rings. The number of carbonyl (C=O) groups is 1. The van der Waals surface area contributed by atoms with Gasteiger partial charge in [-0.25, -0.2) is 4.57 Å². The summed E-state index contributed by atoms with van der Waals surface area (Å²) in [6, 6.07) is 18.6. The first-order chi connectivity index (χ1) is 19.2. The number of thiocarbonyl (C=S) groups is 1. The standard InChI is InChI=1S/C28H34NO7PS3/c1-4-33-37(31,34-5-2)35-15-17-40-39-16-14-32-26-13-10-23-18-22(6-7-24(23)19-26)20(3)28(30)36-25-11-8-21(9-12-25)27(29)38/h6-13,18-20H,4-5,14-17H2,1-3H3,(H2,29,38). The van der Waals surface area contributed by atoms with Crippen LogP contribution in [-0.4, -0.2) is 48.9 Å². The highest BCUT2D eigenvalue weighted by Crippen LogP contribution is 2.49. The predicted octanol–water partition coefficient (Wildman–Crippen LogP) is 7.14. The molecule has 0 saturated heterocycles. The summed E-state index contributed by atoms with van der Waals surface area (Å²) in [4.78, 5) is 13.0. The highest BCUT2D eigenvalue weighted by atomic mass is 33.1. The Balaban J connectivity index is 1.43. The smallest absolute Gasteiger partial charge is 0.474 e. The molecule has 3 aromatic rings. The Morgan fingerprint density at radius 3 is 2.12 bits per heavy atom. The molecule has 0 amide bonds. The molecule has 0 bridgehead atoms. The molecule has 3 rings (SSSR count). The van der Waals surface area contributed by atoms with E-state index in [-0.39, 0.29) is 25.8 Å². The van der Waals surface area contributed by atoms with E-state index < -0.39 is 13.7 Å². The van der Waals surface area contributed by atoms with E-state index in [4.69, 9.17) is 41.0 Å². The van der Waals surface area contributed by atoms with Gasteiger partial charge in [-0.3, -0.25) is 18.4 Å². The van der Waals surface area contributed by atoms with Crippen molar-refractivity contribution in [2.75, 3.05) is 37.9 Å². The number of carbonyl (C=O) groups excluding carboxylic acids is 1. The third kappa shape index (κ3) is 10.1. The Morgan fingerprint density at radius 1 is 0.875 bits per heavy atom. The van der Waals surface area contributed by atoms with Crippen LogP contribution in [0.15, 0.2) is 60.7 Å². The first-order valence-corrected chi connectivity index (χ1v) is 17.2. The van der Waals surface area contributed by atoms with Crippen molar-refractivity contribution in [2.24, 2.45) is 5.73 Å². The van der Waals surface area contributed by atoms with Crippen molar-refractivity contribution in [3.63, 3.8) is 0 Å². The molecule has 12 heteroatoms. The third-order valence-electron chi connectivity index (χ3n) is 5.56. The van der Waals surface area contributed by atoms with Gasteiger partial charge in [0.2, 0.25) is 0 Å². The number of hydrogen-bond donors (Lipinski definition) is 1. The Labute approximate surface area is 248 Å². The monoisotopic (exact) mass is 623 g/mol. The largest absolute Gasteiger partial charge is 0.493 e. The van der Waals surface area contributed by atoms with Gasteiger partial charge in [0.25, 0.3) is 0 Å². The normalized spacial score (nSPS) is 12.3. The minimum absolute atomic E-state index is 0.266. The van der Waals surface area contributed by atoms with Crippen LogP contribution in [0.1, 0.15) is 37.8 Å². The Hall–Kier alpha value is -2.11. The zero-order valence-electron chi connectivity index (χ0n) is 22.7. The van der Waals surface area contributed by atoms with Crippen LogP contribution in [-0.2, 0) is 22.9 Å². The highest BCUT2D eigenvalue weighted by molar-refractivity contribution is 8.76. The van der Waals surface area contributed by atoms with Crippen molar-refractivity contribution in [2.45, 2.75) is 26.7 Å². The fourth-order valence-corrected chi connectivity index (χ4v) is 6.64. The van der Waals surface area contributed by atoms with E-state index >= 15 is 0 Å². The van der Waals surface area contributed by atoms with Crippen LogP contribution in [0.4, 0.5) is 0 Å². The molecule has 0 radical (unpaired) electrons. The lowest BCUT2D eigenvalue weighted by Gasteiger charge is -2.15. The van der Waals surface area contributed by atoms with Crippen LogP contribution in [0.3, 0.4) is 0 Å². The van der Waals surface area contributed by atoms with Crippen molar-refractivity contribution in [3.8, 4) is 11.5 Å². The molecular formula is C28H34NO7PS3. The summed E-state index contributed by atoms with van der Waals surface area (Å²) in [5.74, 6) is 1.85. The first kappa shape index (κ1) is 32.4. The number of hydrogen-bond acceptors (Lipinski definition) is 10. The number of rotatable bonds is 17. The minimum atomic E-state index is -3.45. The molecule has 40 heavy (non-hydrogen) atoms. The molecule has 0 aliphatic carbocycles. The highest BCUT2D eigenvalue weighted by Gasteiger charge is 2.24. The SMILES string of the molecule is CCOP(=O)(OCC)OCCSSCCOc1ccc2cc(C(C)C(=O)Oc3ccc(C(N)=S)cc3)ccc2c1. The quantitative estimate of drug-likeness (QED) is 0.0414. The van der Waals surface area contributed by atoms with Gasteiger partial charge in [-0.1, -0.05) is 58.1 Å². The van der Waals surface area contributed by atoms with Crippen molar-refractivity contribution in [1.29, 1.82) is 0 Å². The lowest BCUT2D eigenvalue weighted by molar-refractivity contribution is -0.135. The molecule has 0 aromatic heterocycles. The van der Waals surface area contributed by atoms with Crippen LogP contribution >= 0.6 is 41.6 Å². The zero-order valence-corrected chi connectivity index (χ0v) is 26.0. The molecule has 216 valence electrons. The van der Waals surface area contributed by atoms with Crippen LogP contribution in [0.2, 0.25) is 0 Å². The van der Waals surface area contributed by atoms with Gasteiger partial charge in [0.05, 0.1) is 32.3 Å². The number of benzene rings is 3. The number of ether oxygens (including phenoxy) is 2. The van der Waals surface area contributed by atoms with E-state index in [2.05, 4.69) is 0 Å². The molecule has 1 unspecified atom stereocenters. The second-order valence-electron chi connectivity index (χ2n) is 8.41. The lowest BCUT2D eigenvalue weighted by atomic mass is 9.98. The minimum Gasteiger partial charge on any atom is -0.493 e. The summed E-state index contributed by atoms with van der Waals surface area (Å²) >= 11 is 4.95. The summed E-state index contributed by atoms with van der Waals surface area (Å²) in [6.45, 7) is 6.66. The van der Waals surface area contributed by atoms with Crippen molar-refractivity contribution >= 4 is 63.4 Å². The molecule has 3 aromatic carbocycles. The van der Waals surface area contributed by atoms with E-state index in [0.717, 1.165) is 27.8 Å². The second-order valence-corrected chi connectivity index (χ2v) is 13.2. The Kier molecular flexibility index (Phi) is 13.3. The Bertz CT molecular complexity index is 1310. The Morgan fingerprint density at radius 2 is 1.48 bits per heavy atom. The summed E-state index contributed by atoms with van der Waals surface area (Å²) in [5, 5.41) is 2.02. The van der Waals surface area contributed by atoms with Crippen molar-refractivity contribution in [1.82, 2.24) is 0 Å². The molecule has 2 N–H and O–H groups in total. The van der Waals surface area contributed by atoms with Gasteiger partial charge in [-0.2, -0.15) is 0 Å². The van der Waals surface area contributed by atoms with E-state index in [1.54, 1.807) is 59.7 Å². The third-order valence-corrected chi connectivity index (χ3v) is 9.77. The van der Waals surface area contributed by atoms with E-state index in [9.17, 15) is 9.36 Å². The molecule has 1 atom stereocenters. The number of phosphoric acid groups is 1. The first-order valence-electron chi connectivity index (χ1n) is 12.8. The molecule has 0 heterocycles.